The first-order chi connectivity index (χ1) is 12.3. The average Bonchev–Trinajstić information content (AvgIpc) is 3.15. The summed E-state index contributed by atoms with van der Waals surface area (Å²) in [5.74, 6) is 2.21. The molecule has 1 aromatic heterocycles. The quantitative estimate of drug-likeness (QED) is 0.375. The van der Waals surface area contributed by atoms with E-state index in [1.165, 1.54) is 17.7 Å². The van der Waals surface area contributed by atoms with Gasteiger partial charge in [-0.15, -0.1) is 35.3 Å². The van der Waals surface area contributed by atoms with Gasteiger partial charge in [-0.05, 0) is 6.42 Å². The lowest BCUT2D eigenvalue weighted by atomic mass is 10.2. The van der Waals surface area contributed by atoms with E-state index in [-0.39, 0.29) is 24.0 Å². The molecule has 4 nitrogen and oxygen atoms in total. The second-order valence-electron chi connectivity index (χ2n) is 6.08. The van der Waals surface area contributed by atoms with E-state index in [0.717, 1.165) is 48.0 Å². The number of nitrogens with zero attached hydrogens (tertiary/aromatic N) is 3. The third-order valence-corrected chi connectivity index (χ3v) is 6.65. The number of rotatable bonds is 5. The fourth-order valence-electron chi connectivity index (χ4n) is 2.93. The fourth-order valence-corrected chi connectivity index (χ4v) is 4.97. The number of nitrogens with one attached hydrogen (secondary N) is 1. The highest BCUT2D eigenvalue weighted by Crippen LogP contribution is 2.23. The Morgan fingerprint density at radius 1 is 1.35 bits per heavy atom. The summed E-state index contributed by atoms with van der Waals surface area (Å²) in [5.41, 5.74) is 2.34. The Labute approximate surface area is 181 Å². The van der Waals surface area contributed by atoms with Gasteiger partial charge in [-0.2, -0.15) is 11.8 Å². The second-order valence-corrected chi connectivity index (χ2v) is 8.35. The summed E-state index contributed by atoms with van der Waals surface area (Å²) in [6.45, 7) is 5.31. The minimum absolute atomic E-state index is 0. The third-order valence-electron chi connectivity index (χ3n) is 4.34. The van der Waals surface area contributed by atoms with E-state index in [2.05, 4.69) is 63.5 Å². The molecular formula is C19H27IN4S2. The van der Waals surface area contributed by atoms with Gasteiger partial charge in [0.25, 0.3) is 0 Å². The van der Waals surface area contributed by atoms with E-state index < -0.39 is 0 Å². The summed E-state index contributed by atoms with van der Waals surface area (Å²) < 4.78 is 0. The van der Waals surface area contributed by atoms with Gasteiger partial charge in [-0.1, -0.05) is 37.3 Å². The van der Waals surface area contributed by atoms with Crippen molar-refractivity contribution in [3.8, 4) is 10.6 Å². The van der Waals surface area contributed by atoms with Crippen LogP contribution >= 0.6 is 47.1 Å². The predicted octanol–water partition coefficient (Wildman–Crippen LogP) is 4.37. The summed E-state index contributed by atoms with van der Waals surface area (Å²) >= 11 is 3.80. The molecule has 0 saturated carbocycles. The fraction of sp³-hybridized carbons (Fsp3) is 0.474. The van der Waals surface area contributed by atoms with Crippen molar-refractivity contribution >= 4 is 53.0 Å². The van der Waals surface area contributed by atoms with Crippen LogP contribution in [-0.2, 0) is 6.42 Å². The van der Waals surface area contributed by atoms with Gasteiger partial charge < -0.3 is 10.2 Å². The van der Waals surface area contributed by atoms with Crippen LogP contribution in [0.3, 0.4) is 0 Å². The average molecular weight is 502 g/mol. The zero-order valence-corrected chi connectivity index (χ0v) is 19.3. The highest BCUT2D eigenvalue weighted by Gasteiger charge is 2.21. The van der Waals surface area contributed by atoms with E-state index in [9.17, 15) is 0 Å². The van der Waals surface area contributed by atoms with Gasteiger partial charge in [0.1, 0.15) is 5.01 Å². The lowest BCUT2D eigenvalue weighted by molar-refractivity contribution is 0.408. The monoisotopic (exact) mass is 502 g/mol. The zero-order chi connectivity index (χ0) is 17.5. The summed E-state index contributed by atoms with van der Waals surface area (Å²) in [4.78, 5) is 11.6. The molecule has 1 unspecified atom stereocenters. The Hall–Kier alpha value is -0.800. The molecule has 142 valence electrons. The predicted molar refractivity (Wildman–Crippen MR) is 126 cm³/mol. The molecule has 7 heteroatoms. The lowest BCUT2D eigenvalue weighted by Crippen LogP contribution is -2.48. The van der Waals surface area contributed by atoms with Crippen LogP contribution < -0.4 is 5.32 Å². The Morgan fingerprint density at radius 2 is 2.15 bits per heavy atom. The maximum Gasteiger partial charge on any atom is 0.193 e. The standard InChI is InChI=1S/C19H26N4S2.HI/c1-3-17-13-23(11-12-24-17)19(20-2)21-10-9-16-14-25-18(22-16)15-7-5-4-6-8-15;/h4-8,14,17H,3,9-13H2,1-2H3,(H,20,21);1H. The number of hydrogen-bond donors (Lipinski definition) is 1. The molecule has 0 amide bonds. The Balaban J connectivity index is 0.00000243. The number of aliphatic imine (C=N–C) groups is 1. The van der Waals surface area contributed by atoms with Gasteiger partial charge in [-0.25, -0.2) is 4.98 Å². The largest absolute Gasteiger partial charge is 0.356 e. The molecule has 1 atom stereocenters. The molecule has 0 radical (unpaired) electrons. The van der Waals surface area contributed by atoms with E-state index in [4.69, 9.17) is 4.98 Å². The summed E-state index contributed by atoms with van der Waals surface area (Å²) in [5, 5.41) is 7.49. The molecule has 2 heterocycles. The topological polar surface area (TPSA) is 40.5 Å². The van der Waals surface area contributed by atoms with Crippen molar-refractivity contribution in [1.82, 2.24) is 15.2 Å². The van der Waals surface area contributed by atoms with Crippen molar-refractivity contribution < 1.29 is 0 Å². The third kappa shape index (κ3) is 5.85. The van der Waals surface area contributed by atoms with E-state index >= 15 is 0 Å². The van der Waals surface area contributed by atoms with E-state index in [1.807, 2.05) is 13.1 Å². The molecule has 0 spiro atoms. The minimum atomic E-state index is 0. The minimum Gasteiger partial charge on any atom is -0.356 e. The second kappa shape index (κ2) is 11.1. The molecule has 0 bridgehead atoms. The lowest BCUT2D eigenvalue weighted by Gasteiger charge is -2.34. The molecule has 0 aliphatic carbocycles. The molecule has 1 aromatic carbocycles. The molecule has 1 N–H and O–H groups in total. The first-order valence-electron chi connectivity index (χ1n) is 8.87. The first kappa shape index (κ1) is 21.5. The van der Waals surface area contributed by atoms with Gasteiger partial charge in [0, 0.05) is 55.0 Å². The SMILES string of the molecule is CCC1CN(C(=NC)NCCc2csc(-c3ccccc3)n2)CCS1.I. The van der Waals surface area contributed by atoms with Crippen molar-refractivity contribution in [3.05, 3.63) is 41.4 Å². The Bertz CT molecular complexity index is 690. The smallest absolute Gasteiger partial charge is 0.193 e. The maximum atomic E-state index is 4.76. The van der Waals surface area contributed by atoms with Gasteiger partial charge in [0.05, 0.1) is 5.69 Å². The van der Waals surface area contributed by atoms with Crippen LogP contribution in [0, 0.1) is 0 Å². The van der Waals surface area contributed by atoms with Crippen LogP contribution in [0.15, 0.2) is 40.7 Å². The van der Waals surface area contributed by atoms with Crippen LogP contribution in [0.25, 0.3) is 10.6 Å². The number of aromatic nitrogens is 1. The van der Waals surface area contributed by atoms with Gasteiger partial charge in [0.15, 0.2) is 5.96 Å². The van der Waals surface area contributed by atoms with Crippen molar-refractivity contribution in [3.63, 3.8) is 0 Å². The number of hydrogen-bond acceptors (Lipinski definition) is 4. The van der Waals surface area contributed by atoms with Crippen molar-refractivity contribution in [1.29, 1.82) is 0 Å². The summed E-state index contributed by atoms with van der Waals surface area (Å²) in [6, 6.07) is 10.4. The van der Waals surface area contributed by atoms with Crippen LogP contribution in [0.5, 0.6) is 0 Å². The number of thioether (sulfide) groups is 1. The van der Waals surface area contributed by atoms with Crippen molar-refractivity contribution in [2.75, 3.05) is 32.4 Å². The van der Waals surface area contributed by atoms with Gasteiger partial charge in [0.2, 0.25) is 0 Å². The van der Waals surface area contributed by atoms with E-state index in [1.54, 1.807) is 11.3 Å². The van der Waals surface area contributed by atoms with Crippen molar-refractivity contribution in [2.45, 2.75) is 25.0 Å². The maximum absolute atomic E-state index is 4.76. The van der Waals surface area contributed by atoms with Crippen LogP contribution in [0.4, 0.5) is 0 Å². The summed E-state index contributed by atoms with van der Waals surface area (Å²) in [6.07, 6.45) is 2.14. The molecule has 1 fully saturated rings. The first-order valence-corrected chi connectivity index (χ1v) is 10.8. The van der Waals surface area contributed by atoms with Gasteiger partial charge >= 0.3 is 0 Å². The number of halogens is 1. The van der Waals surface area contributed by atoms with E-state index in [0.29, 0.717) is 0 Å². The van der Waals surface area contributed by atoms with Crippen LogP contribution in [0.2, 0.25) is 0 Å². The highest BCUT2D eigenvalue weighted by molar-refractivity contribution is 14.0. The zero-order valence-electron chi connectivity index (χ0n) is 15.4. The molecule has 2 aromatic rings. The number of guanidine groups is 1. The highest BCUT2D eigenvalue weighted by atomic mass is 127. The molecule has 26 heavy (non-hydrogen) atoms. The van der Waals surface area contributed by atoms with Crippen LogP contribution in [-0.4, -0.2) is 53.5 Å². The molecule has 1 aliphatic heterocycles. The normalized spacial score (nSPS) is 17.7. The van der Waals surface area contributed by atoms with Crippen molar-refractivity contribution in [2.24, 2.45) is 4.99 Å². The Morgan fingerprint density at radius 3 is 2.88 bits per heavy atom. The summed E-state index contributed by atoms with van der Waals surface area (Å²) in [7, 11) is 1.88. The molecule has 1 saturated heterocycles. The van der Waals surface area contributed by atoms with Gasteiger partial charge in [-0.3, -0.25) is 4.99 Å². The number of benzene rings is 1. The molecule has 1 aliphatic rings. The number of thiazole rings is 1. The molecule has 3 rings (SSSR count). The molecular weight excluding hydrogens is 475 g/mol. The Kier molecular flexibility index (Phi) is 9.21. The van der Waals surface area contributed by atoms with Crippen LogP contribution in [0.1, 0.15) is 19.0 Å².